The summed E-state index contributed by atoms with van der Waals surface area (Å²) >= 11 is 3.28. The number of carboxylic acids is 1. The van der Waals surface area contributed by atoms with Gasteiger partial charge in [0.2, 0.25) is 5.91 Å². The zero-order chi connectivity index (χ0) is 16.6. The summed E-state index contributed by atoms with van der Waals surface area (Å²) in [5.74, 6) is -3.43. The van der Waals surface area contributed by atoms with Crippen molar-refractivity contribution in [1.29, 1.82) is 0 Å². The van der Waals surface area contributed by atoms with E-state index in [4.69, 9.17) is 0 Å². The van der Waals surface area contributed by atoms with Gasteiger partial charge in [-0.1, -0.05) is 28.1 Å². The second-order valence-corrected chi connectivity index (χ2v) is 6.70. The van der Waals surface area contributed by atoms with Gasteiger partial charge in [0, 0.05) is 10.0 Å². The largest absolute Gasteiger partial charge is 0.481 e. The molecule has 0 aliphatic heterocycles. The number of allylic oxidation sites excluding steroid dienone is 2. The maximum absolute atomic E-state index is 12.3. The van der Waals surface area contributed by atoms with Crippen LogP contribution in [0, 0.1) is 23.7 Å². The van der Waals surface area contributed by atoms with Crippen molar-refractivity contribution < 1.29 is 19.5 Å². The molecule has 0 radical (unpaired) electrons. The molecule has 0 unspecified atom stereocenters. The highest BCUT2D eigenvalue weighted by Gasteiger charge is 2.51. The predicted octanol–water partition coefficient (Wildman–Crippen LogP) is 1.73. The lowest BCUT2D eigenvalue weighted by atomic mass is 9.82. The minimum Gasteiger partial charge on any atom is -0.481 e. The summed E-state index contributed by atoms with van der Waals surface area (Å²) in [5, 5.41) is 9.33. The Morgan fingerprint density at radius 1 is 1.00 bits per heavy atom. The van der Waals surface area contributed by atoms with Gasteiger partial charge in [-0.25, -0.2) is 0 Å². The van der Waals surface area contributed by atoms with E-state index >= 15 is 0 Å². The molecule has 6 nitrogen and oxygen atoms in total. The van der Waals surface area contributed by atoms with Crippen LogP contribution in [0.4, 0.5) is 0 Å². The number of carboxylic acid groups (broad SMARTS) is 1. The molecule has 120 valence electrons. The molecule has 3 rings (SSSR count). The van der Waals surface area contributed by atoms with Crippen LogP contribution in [0.25, 0.3) is 0 Å². The number of nitrogens with one attached hydrogen (secondary N) is 2. The van der Waals surface area contributed by atoms with Gasteiger partial charge in [-0.3, -0.25) is 25.2 Å². The van der Waals surface area contributed by atoms with Crippen molar-refractivity contribution in [2.24, 2.45) is 23.7 Å². The number of benzene rings is 1. The second-order valence-electron chi connectivity index (χ2n) is 5.79. The quantitative estimate of drug-likeness (QED) is 0.551. The van der Waals surface area contributed by atoms with E-state index in [-0.39, 0.29) is 11.8 Å². The lowest BCUT2D eigenvalue weighted by Crippen LogP contribution is -2.48. The second kappa shape index (κ2) is 6.16. The number of carbonyl (C=O) groups is 3. The zero-order valence-electron chi connectivity index (χ0n) is 12.0. The topological polar surface area (TPSA) is 95.5 Å². The van der Waals surface area contributed by atoms with Gasteiger partial charge in [0.05, 0.1) is 11.8 Å². The molecule has 4 atom stereocenters. The first-order chi connectivity index (χ1) is 11.0. The van der Waals surface area contributed by atoms with Crippen molar-refractivity contribution in [1.82, 2.24) is 10.9 Å². The van der Waals surface area contributed by atoms with Gasteiger partial charge in [0.25, 0.3) is 5.91 Å². The summed E-state index contributed by atoms with van der Waals surface area (Å²) in [6, 6.07) is 6.67. The van der Waals surface area contributed by atoms with Crippen LogP contribution in [-0.4, -0.2) is 22.9 Å². The molecule has 0 spiro atoms. The van der Waals surface area contributed by atoms with Gasteiger partial charge >= 0.3 is 5.97 Å². The molecule has 1 aromatic rings. The van der Waals surface area contributed by atoms with Crippen molar-refractivity contribution >= 4 is 33.7 Å². The van der Waals surface area contributed by atoms with E-state index < -0.39 is 29.6 Å². The molecule has 2 bridgehead atoms. The number of hydrogen-bond donors (Lipinski definition) is 3. The molecule has 3 N–H and O–H groups in total. The summed E-state index contributed by atoms with van der Waals surface area (Å²) < 4.78 is 0.844. The number of hydrogen-bond acceptors (Lipinski definition) is 3. The van der Waals surface area contributed by atoms with E-state index in [1.54, 1.807) is 24.3 Å². The van der Waals surface area contributed by atoms with Gasteiger partial charge in [0.1, 0.15) is 0 Å². The first kappa shape index (κ1) is 15.7. The van der Waals surface area contributed by atoms with Crippen LogP contribution in [0.5, 0.6) is 0 Å². The van der Waals surface area contributed by atoms with E-state index in [9.17, 15) is 19.5 Å². The van der Waals surface area contributed by atoms with Crippen LogP contribution in [-0.2, 0) is 9.59 Å². The van der Waals surface area contributed by atoms with Crippen LogP contribution in [0.1, 0.15) is 16.8 Å². The van der Waals surface area contributed by atoms with Crippen LogP contribution in [0.15, 0.2) is 40.9 Å². The van der Waals surface area contributed by atoms with Gasteiger partial charge in [-0.2, -0.15) is 0 Å². The van der Waals surface area contributed by atoms with E-state index in [1.165, 1.54) is 0 Å². The first-order valence-electron chi connectivity index (χ1n) is 7.24. The molecule has 0 saturated heterocycles. The minimum atomic E-state index is -0.971. The van der Waals surface area contributed by atoms with E-state index in [2.05, 4.69) is 26.8 Å². The third kappa shape index (κ3) is 3.01. The predicted molar refractivity (Wildman–Crippen MR) is 85.1 cm³/mol. The Morgan fingerprint density at radius 3 is 2.22 bits per heavy atom. The molecule has 2 aliphatic carbocycles. The Balaban J connectivity index is 1.63. The summed E-state index contributed by atoms with van der Waals surface area (Å²) in [7, 11) is 0. The fourth-order valence-electron chi connectivity index (χ4n) is 3.39. The molecule has 7 heteroatoms. The third-order valence-electron chi connectivity index (χ3n) is 4.45. The zero-order valence-corrected chi connectivity index (χ0v) is 13.6. The molecule has 1 saturated carbocycles. The Kier molecular flexibility index (Phi) is 4.21. The number of rotatable bonds is 3. The molecule has 2 amide bonds. The number of aliphatic carboxylic acids is 1. The summed E-state index contributed by atoms with van der Waals surface area (Å²) in [4.78, 5) is 35.7. The number of halogens is 1. The van der Waals surface area contributed by atoms with E-state index in [1.807, 2.05) is 12.2 Å². The molecule has 1 fully saturated rings. The lowest BCUT2D eigenvalue weighted by molar-refractivity contribution is -0.148. The van der Waals surface area contributed by atoms with Gasteiger partial charge in [-0.05, 0) is 42.5 Å². The maximum atomic E-state index is 12.3. The highest BCUT2D eigenvalue weighted by molar-refractivity contribution is 9.10. The fraction of sp³-hybridized carbons (Fsp3) is 0.312. The molecule has 0 heterocycles. The summed E-state index contributed by atoms with van der Waals surface area (Å²) in [5.41, 5.74) is 5.10. The van der Waals surface area contributed by atoms with Crippen LogP contribution in [0.3, 0.4) is 0 Å². The minimum absolute atomic E-state index is 0.0781. The molecule has 2 aliphatic rings. The maximum Gasteiger partial charge on any atom is 0.307 e. The molecule has 23 heavy (non-hydrogen) atoms. The van der Waals surface area contributed by atoms with Crippen molar-refractivity contribution in [2.75, 3.05) is 0 Å². The van der Waals surface area contributed by atoms with Crippen molar-refractivity contribution in [3.8, 4) is 0 Å². The van der Waals surface area contributed by atoms with Crippen molar-refractivity contribution in [2.45, 2.75) is 6.42 Å². The summed E-state index contributed by atoms with van der Waals surface area (Å²) in [6.07, 6.45) is 4.44. The van der Waals surface area contributed by atoms with Gasteiger partial charge in [-0.15, -0.1) is 0 Å². The smallest absolute Gasteiger partial charge is 0.307 e. The number of hydrazine groups is 1. The Labute approximate surface area is 141 Å². The Morgan fingerprint density at radius 2 is 1.61 bits per heavy atom. The van der Waals surface area contributed by atoms with E-state index in [0.717, 1.165) is 4.47 Å². The molecular formula is C16H15BrN2O4. The van der Waals surface area contributed by atoms with Gasteiger partial charge in [0.15, 0.2) is 0 Å². The molecule has 0 aromatic heterocycles. The van der Waals surface area contributed by atoms with Crippen molar-refractivity contribution in [3.63, 3.8) is 0 Å². The standard InChI is InChI=1S/C16H15BrN2O4/c17-11-5-3-8(4-6-11)14(20)18-19-15(21)12-9-1-2-10(7-9)13(12)16(22)23/h1-6,9-10,12-13H,7H2,(H,18,20)(H,19,21)(H,22,23)/t9-,10-,12-,13-/m0/s1. The Bertz CT molecular complexity index is 686. The molecule has 1 aromatic carbocycles. The van der Waals surface area contributed by atoms with Crippen LogP contribution in [0.2, 0.25) is 0 Å². The average molecular weight is 379 g/mol. The highest BCUT2D eigenvalue weighted by Crippen LogP contribution is 2.48. The fourth-order valence-corrected chi connectivity index (χ4v) is 3.66. The first-order valence-corrected chi connectivity index (χ1v) is 8.03. The Hall–Kier alpha value is -2.15. The SMILES string of the molecule is O=C(NNC(=O)[C@@H]1[C@@H](C(=O)O)[C@H]2C=C[C@H]1C2)c1ccc(Br)cc1. The molecular weight excluding hydrogens is 364 g/mol. The lowest BCUT2D eigenvalue weighted by Gasteiger charge is -2.23. The van der Waals surface area contributed by atoms with Crippen molar-refractivity contribution in [3.05, 3.63) is 46.5 Å². The number of fused-ring (bicyclic) bond motifs is 2. The monoisotopic (exact) mass is 378 g/mol. The number of carbonyl (C=O) groups excluding carboxylic acids is 2. The van der Waals surface area contributed by atoms with E-state index in [0.29, 0.717) is 12.0 Å². The third-order valence-corrected chi connectivity index (χ3v) is 4.98. The number of amides is 2. The summed E-state index contributed by atoms with van der Waals surface area (Å²) in [6.45, 7) is 0. The van der Waals surface area contributed by atoms with Gasteiger partial charge < -0.3 is 5.11 Å². The average Bonchev–Trinajstić information content (AvgIpc) is 3.13. The normalized spacial score (nSPS) is 27.7. The van der Waals surface area contributed by atoms with Crippen LogP contribution < -0.4 is 10.9 Å². The van der Waals surface area contributed by atoms with Crippen LogP contribution >= 0.6 is 15.9 Å². The highest BCUT2D eigenvalue weighted by atomic mass is 79.9.